The largest absolute Gasteiger partial charge is 0.353 e. The van der Waals surface area contributed by atoms with Gasteiger partial charge in [-0.3, -0.25) is 14.5 Å². The third-order valence-corrected chi connectivity index (χ3v) is 2.98. The van der Waals surface area contributed by atoms with Crippen molar-refractivity contribution in [3.05, 3.63) is 0 Å². The Balaban J connectivity index is 2.26. The van der Waals surface area contributed by atoms with E-state index in [0.717, 1.165) is 25.9 Å². The average Bonchev–Trinajstić information content (AvgIpc) is 2.16. The number of rotatable bonds is 4. The van der Waals surface area contributed by atoms with Crippen LogP contribution in [0.3, 0.4) is 0 Å². The Morgan fingerprint density at radius 3 is 2.31 bits per heavy atom. The van der Waals surface area contributed by atoms with E-state index in [4.69, 9.17) is 0 Å². The van der Waals surface area contributed by atoms with Gasteiger partial charge in [0.2, 0.25) is 5.91 Å². The number of carbonyl (C=O) groups excluding carboxylic acids is 2. The fraction of sp³-hybridized carbons (Fsp3) is 0.833. The highest BCUT2D eigenvalue weighted by atomic mass is 16.2. The molecular weight excluding hydrogens is 204 g/mol. The summed E-state index contributed by atoms with van der Waals surface area (Å²) >= 11 is 0. The molecule has 0 aromatic rings. The summed E-state index contributed by atoms with van der Waals surface area (Å²) in [6, 6.07) is 0.197. The molecule has 0 atom stereocenters. The van der Waals surface area contributed by atoms with Crippen LogP contribution in [0.2, 0.25) is 0 Å². The van der Waals surface area contributed by atoms with Crippen LogP contribution >= 0.6 is 0 Å². The van der Waals surface area contributed by atoms with Crippen molar-refractivity contribution in [2.24, 2.45) is 5.92 Å². The van der Waals surface area contributed by atoms with E-state index in [1.807, 2.05) is 13.8 Å². The van der Waals surface area contributed by atoms with Gasteiger partial charge in [-0.05, 0) is 46.7 Å². The van der Waals surface area contributed by atoms with Crippen LogP contribution in [-0.4, -0.2) is 42.3 Å². The van der Waals surface area contributed by atoms with Gasteiger partial charge in [-0.1, -0.05) is 0 Å². The molecule has 1 amide bonds. The summed E-state index contributed by atoms with van der Waals surface area (Å²) in [6.07, 6.45) is 1.79. The molecule has 4 nitrogen and oxygen atoms in total. The van der Waals surface area contributed by atoms with Gasteiger partial charge in [-0.25, -0.2) is 0 Å². The van der Waals surface area contributed by atoms with Gasteiger partial charge >= 0.3 is 0 Å². The summed E-state index contributed by atoms with van der Waals surface area (Å²) in [5.41, 5.74) is 0. The summed E-state index contributed by atoms with van der Waals surface area (Å²) in [4.78, 5) is 24.8. The third-order valence-electron chi connectivity index (χ3n) is 2.98. The standard InChI is InChI=1S/C12H22N2O2/c1-9(2)13-12(16)8-14-6-4-11(5-7-14)10(3)15/h9,11H,4-8H2,1-3H3,(H,13,16). The summed E-state index contributed by atoms with van der Waals surface area (Å²) in [5, 5.41) is 2.88. The maximum atomic E-state index is 11.5. The maximum Gasteiger partial charge on any atom is 0.234 e. The molecule has 0 spiro atoms. The van der Waals surface area contributed by atoms with Crippen molar-refractivity contribution in [1.82, 2.24) is 10.2 Å². The lowest BCUT2D eigenvalue weighted by Crippen LogP contribution is -2.43. The summed E-state index contributed by atoms with van der Waals surface area (Å²) in [7, 11) is 0. The molecule has 1 aliphatic rings. The van der Waals surface area contributed by atoms with Crippen LogP contribution < -0.4 is 5.32 Å². The lowest BCUT2D eigenvalue weighted by atomic mass is 9.93. The first-order chi connectivity index (χ1) is 7.49. The number of carbonyl (C=O) groups is 2. The molecule has 1 fully saturated rings. The first-order valence-electron chi connectivity index (χ1n) is 6.01. The predicted octanol–water partition coefficient (Wildman–Crippen LogP) is 0.812. The van der Waals surface area contributed by atoms with E-state index in [-0.39, 0.29) is 23.7 Å². The first-order valence-corrected chi connectivity index (χ1v) is 6.01. The second-order valence-electron chi connectivity index (χ2n) is 4.88. The highest BCUT2D eigenvalue weighted by Gasteiger charge is 2.23. The van der Waals surface area contributed by atoms with E-state index in [1.165, 1.54) is 0 Å². The van der Waals surface area contributed by atoms with Gasteiger partial charge < -0.3 is 5.32 Å². The number of hydrogen-bond acceptors (Lipinski definition) is 3. The Kier molecular flexibility index (Phi) is 4.93. The summed E-state index contributed by atoms with van der Waals surface area (Å²) < 4.78 is 0. The van der Waals surface area contributed by atoms with Gasteiger partial charge in [0.25, 0.3) is 0 Å². The maximum absolute atomic E-state index is 11.5. The van der Waals surface area contributed by atoms with E-state index < -0.39 is 0 Å². The Morgan fingerprint density at radius 1 is 1.31 bits per heavy atom. The molecule has 0 unspecified atom stereocenters. The minimum atomic E-state index is 0.0799. The second-order valence-corrected chi connectivity index (χ2v) is 4.88. The molecule has 0 aliphatic carbocycles. The monoisotopic (exact) mass is 226 g/mol. The van der Waals surface area contributed by atoms with E-state index in [2.05, 4.69) is 10.2 Å². The number of nitrogens with zero attached hydrogens (tertiary/aromatic N) is 1. The van der Waals surface area contributed by atoms with Crippen molar-refractivity contribution in [1.29, 1.82) is 0 Å². The Hall–Kier alpha value is -0.900. The predicted molar refractivity (Wildman–Crippen MR) is 63.1 cm³/mol. The minimum absolute atomic E-state index is 0.0799. The van der Waals surface area contributed by atoms with Gasteiger partial charge in [-0.15, -0.1) is 0 Å². The molecule has 1 rings (SSSR count). The molecule has 0 saturated carbocycles. The van der Waals surface area contributed by atoms with Crippen molar-refractivity contribution in [2.75, 3.05) is 19.6 Å². The molecular formula is C12H22N2O2. The topological polar surface area (TPSA) is 49.4 Å². The molecule has 0 radical (unpaired) electrons. The molecule has 1 aliphatic heterocycles. The van der Waals surface area contributed by atoms with Crippen LogP contribution in [0.15, 0.2) is 0 Å². The van der Waals surface area contributed by atoms with E-state index in [1.54, 1.807) is 6.92 Å². The number of hydrogen-bond donors (Lipinski definition) is 1. The molecule has 4 heteroatoms. The summed E-state index contributed by atoms with van der Waals surface area (Å²) in [6.45, 7) is 7.75. The smallest absolute Gasteiger partial charge is 0.234 e. The van der Waals surface area contributed by atoms with Crippen LogP contribution in [0.4, 0.5) is 0 Å². The van der Waals surface area contributed by atoms with Crippen LogP contribution in [0.1, 0.15) is 33.6 Å². The molecule has 1 heterocycles. The Bertz CT molecular complexity index is 256. The van der Waals surface area contributed by atoms with E-state index in [9.17, 15) is 9.59 Å². The van der Waals surface area contributed by atoms with Gasteiger partial charge in [0.1, 0.15) is 5.78 Å². The number of Topliss-reactive ketones (excluding diaryl/α,β-unsaturated/α-hetero) is 1. The third kappa shape index (κ3) is 4.31. The molecule has 92 valence electrons. The van der Waals surface area contributed by atoms with Gasteiger partial charge in [0, 0.05) is 12.0 Å². The zero-order chi connectivity index (χ0) is 12.1. The van der Waals surface area contributed by atoms with Crippen LogP contribution in [0, 0.1) is 5.92 Å². The first kappa shape index (κ1) is 13.2. The quantitative estimate of drug-likeness (QED) is 0.772. The molecule has 16 heavy (non-hydrogen) atoms. The van der Waals surface area contributed by atoms with E-state index >= 15 is 0 Å². The van der Waals surface area contributed by atoms with E-state index in [0.29, 0.717) is 6.54 Å². The van der Waals surface area contributed by atoms with Crippen molar-refractivity contribution in [3.63, 3.8) is 0 Å². The Morgan fingerprint density at radius 2 is 1.88 bits per heavy atom. The highest BCUT2D eigenvalue weighted by molar-refractivity contribution is 5.79. The number of nitrogens with one attached hydrogen (secondary N) is 1. The molecule has 1 N–H and O–H groups in total. The lowest BCUT2D eigenvalue weighted by Gasteiger charge is -2.30. The fourth-order valence-corrected chi connectivity index (χ4v) is 2.07. The number of ketones is 1. The molecule has 1 saturated heterocycles. The molecule has 0 bridgehead atoms. The van der Waals surface area contributed by atoms with Crippen molar-refractivity contribution < 1.29 is 9.59 Å². The van der Waals surface area contributed by atoms with Crippen molar-refractivity contribution in [3.8, 4) is 0 Å². The van der Waals surface area contributed by atoms with Gasteiger partial charge in [-0.2, -0.15) is 0 Å². The van der Waals surface area contributed by atoms with Crippen molar-refractivity contribution in [2.45, 2.75) is 39.7 Å². The number of likely N-dealkylation sites (tertiary alicyclic amines) is 1. The summed E-state index contributed by atoms with van der Waals surface area (Å²) in [5.74, 6) is 0.576. The Labute approximate surface area is 97.4 Å². The minimum Gasteiger partial charge on any atom is -0.353 e. The molecule has 0 aromatic carbocycles. The number of piperidine rings is 1. The van der Waals surface area contributed by atoms with Gasteiger partial charge in [0.05, 0.1) is 6.54 Å². The zero-order valence-electron chi connectivity index (χ0n) is 10.5. The van der Waals surface area contributed by atoms with Crippen LogP contribution in [-0.2, 0) is 9.59 Å². The average molecular weight is 226 g/mol. The molecule has 0 aromatic heterocycles. The number of amides is 1. The highest BCUT2D eigenvalue weighted by Crippen LogP contribution is 2.17. The zero-order valence-corrected chi connectivity index (χ0v) is 10.5. The lowest BCUT2D eigenvalue weighted by molar-refractivity contribution is -0.124. The SMILES string of the molecule is CC(=O)C1CCN(CC(=O)NC(C)C)CC1. The van der Waals surface area contributed by atoms with Gasteiger partial charge in [0.15, 0.2) is 0 Å². The van der Waals surface area contributed by atoms with Crippen LogP contribution in [0.5, 0.6) is 0 Å². The fourth-order valence-electron chi connectivity index (χ4n) is 2.07. The van der Waals surface area contributed by atoms with Crippen molar-refractivity contribution >= 4 is 11.7 Å². The normalized spacial score (nSPS) is 18.8. The van der Waals surface area contributed by atoms with Crippen LogP contribution in [0.25, 0.3) is 0 Å². The second kappa shape index (κ2) is 5.99.